The summed E-state index contributed by atoms with van der Waals surface area (Å²) < 4.78 is 0. The van der Waals surface area contributed by atoms with E-state index in [9.17, 15) is 4.79 Å². The second-order valence-corrected chi connectivity index (χ2v) is 4.32. The maximum Gasteiger partial charge on any atom is 0.255 e. The van der Waals surface area contributed by atoms with Crippen molar-refractivity contribution in [2.75, 3.05) is 5.32 Å². The van der Waals surface area contributed by atoms with Gasteiger partial charge in [-0.1, -0.05) is 0 Å². The van der Waals surface area contributed by atoms with Crippen LogP contribution >= 0.6 is 0 Å². The van der Waals surface area contributed by atoms with Crippen molar-refractivity contribution < 1.29 is 4.79 Å². The Kier molecular flexibility index (Phi) is 2.90. The molecule has 2 N–H and O–H groups in total. The maximum absolute atomic E-state index is 12.1. The number of aromatic amines is 1. The molecule has 1 heterocycles. The molecule has 0 radical (unpaired) electrons. The lowest BCUT2D eigenvalue weighted by Crippen LogP contribution is -2.11. The number of fused-ring (bicyclic) bond motifs is 1. The average molecular weight is 262 g/mol. The van der Waals surface area contributed by atoms with Gasteiger partial charge in [0, 0.05) is 16.6 Å². The third-order valence-corrected chi connectivity index (χ3v) is 2.97. The predicted octanol–water partition coefficient (Wildman–Crippen LogP) is 2.69. The minimum absolute atomic E-state index is 0.196. The lowest BCUT2D eigenvalue weighted by Gasteiger charge is -2.05. The minimum Gasteiger partial charge on any atom is -0.322 e. The highest BCUT2D eigenvalue weighted by Crippen LogP contribution is 2.15. The van der Waals surface area contributed by atoms with Crippen molar-refractivity contribution in [3.63, 3.8) is 0 Å². The summed E-state index contributed by atoms with van der Waals surface area (Å²) in [6.07, 6.45) is 1.67. The number of hydrogen-bond acceptors (Lipinski definition) is 3. The van der Waals surface area contributed by atoms with Crippen molar-refractivity contribution in [2.24, 2.45) is 0 Å². The van der Waals surface area contributed by atoms with Gasteiger partial charge in [0.1, 0.15) is 0 Å². The number of nitrogens with zero attached hydrogens (tertiary/aromatic N) is 2. The van der Waals surface area contributed by atoms with E-state index in [4.69, 9.17) is 5.26 Å². The molecule has 0 saturated carbocycles. The van der Waals surface area contributed by atoms with Crippen molar-refractivity contribution in [3.05, 3.63) is 59.8 Å². The first-order chi connectivity index (χ1) is 9.76. The molecule has 0 spiro atoms. The van der Waals surface area contributed by atoms with Crippen LogP contribution in [0.3, 0.4) is 0 Å². The van der Waals surface area contributed by atoms with Crippen LogP contribution in [-0.2, 0) is 0 Å². The zero-order valence-electron chi connectivity index (χ0n) is 10.4. The molecular formula is C15H10N4O. The van der Waals surface area contributed by atoms with Gasteiger partial charge in [0.2, 0.25) is 0 Å². The SMILES string of the molecule is N#Cc1ccc(NC(=O)c2ccc3[nH]ncc3c2)cc1. The number of nitrogens with one attached hydrogen (secondary N) is 2. The highest BCUT2D eigenvalue weighted by atomic mass is 16.1. The Labute approximate surface area is 114 Å². The maximum atomic E-state index is 12.1. The fourth-order valence-corrected chi connectivity index (χ4v) is 1.92. The Morgan fingerprint density at radius 2 is 2.00 bits per heavy atom. The van der Waals surface area contributed by atoms with Crippen molar-refractivity contribution in [2.45, 2.75) is 0 Å². The van der Waals surface area contributed by atoms with Gasteiger partial charge in [0.25, 0.3) is 5.91 Å². The Morgan fingerprint density at radius 3 is 2.75 bits per heavy atom. The molecule has 3 aromatic rings. The Hall–Kier alpha value is -3.13. The van der Waals surface area contributed by atoms with Gasteiger partial charge in [-0.05, 0) is 42.5 Å². The molecule has 0 fully saturated rings. The Morgan fingerprint density at radius 1 is 1.20 bits per heavy atom. The Bertz CT molecular complexity index is 812. The van der Waals surface area contributed by atoms with Gasteiger partial charge in [-0.15, -0.1) is 0 Å². The number of amides is 1. The largest absolute Gasteiger partial charge is 0.322 e. The highest BCUT2D eigenvalue weighted by Gasteiger charge is 2.07. The first-order valence-electron chi connectivity index (χ1n) is 6.01. The Balaban J connectivity index is 1.82. The van der Waals surface area contributed by atoms with Gasteiger partial charge in [-0.25, -0.2) is 0 Å². The van der Waals surface area contributed by atoms with E-state index in [2.05, 4.69) is 15.5 Å². The zero-order chi connectivity index (χ0) is 13.9. The van der Waals surface area contributed by atoms with Crippen LogP contribution in [0.2, 0.25) is 0 Å². The fourth-order valence-electron chi connectivity index (χ4n) is 1.92. The van der Waals surface area contributed by atoms with E-state index in [-0.39, 0.29) is 5.91 Å². The van der Waals surface area contributed by atoms with E-state index in [0.717, 1.165) is 10.9 Å². The van der Waals surface area contributed by atoms with Gasteiger partial charge in [0.15, 0.2) is 0 Å². The number of hydrogen-bond donors (Lipinski definition) is 2. The summed E-state index contributed by atoms with van der Waals surface area (Å²) in [5.41, 5.74) is 2.66. The predicted molar refractivity (Wildman–Crippen MR) is 75.2 cm³/mol. The molecule has 1 aromatic heterocycles. The monoisotopic (exact) mass is 262 g/mol. The number of aromatic nitrogens is 2. The number of anilines is 1. The van der Waals surface area contributed by atoms with Gasteiger partial charge < -0.3 is 5.32 Å². The summed E-state index contributed by atoms with van der Waals surface area (Å²) in [5, 5.41) is 19.1. The molecule has 1 amide bonds. The molecule has 0 aliphatic heterocycles. The van der Waals surface area contributed by atoms with E-state index in [0.29, 0.717) is 16.8 Å². The fraction of sp³-hybridized carbons (Fsp3) is 0. The summed E-state index contributed by atoms with van der Waals surface area (Å²) in [5.74, 6) is -0.196. The minimum atomic E-state index is -0.196. The normalized spacial score (nSPS) is 10.2. The van der Waals surface area contributed by atoms with Crippen LogP contribution in [0.4, 0.5) is 5.69 Å². The van der Waals surface area contributed by atoms with Crippen LogP contribution in [-0.4, -0.2) is 16.1 Å². The number of rotatable bonds is 2. The van der Waals surface area contributed by atoms with Crippen LogP contribution in [0.15, 0.2) is 48.7 Å². The van der Waals surface area contributed by atoms with Crippen LogP contribution in [0.25, 0.3) is 10.9 Å². The van der Waals surface area contributed by atoms with Crippen LogP contribution < -0.4 is 5.32 Å². The van der Waals surface area contributed by atoms with Gasteiger partial charge in [-0.2, -0.15) is 10.4 Å². The quantitative estimate of drug-likeness (QED) is 0.745. The van der Waals surface area contributed by atoms with Crippen LogP contribution in [0, 0.1) is 11.3 Å². The van der Waals surface area contributed by atoms with Gasteiger partial charge in [-0.3, -0.25) is 9.89 Å². The lowest BCUT2D eigenvalue weighted by atomic mass is 10.1. The summed E-state index contributed by atoms with van der Waals surface area (Å²) >= 11 is 0. The van der Waals surface area contributed by atoms with E-state index < -0.39 is 0 Å². The first-order valence-corrected chi connectivity index (χ1v) is 6.01. The first kappa shape index (κ1) is 11.9. The van der Waals surface area contributed by atoms with E-state index in [1.165, 1.54) is 0 Å². The average Bonchev–Trinajstić information content (AvgIpc) is 2.95. The molecule has 0 bridgehead atoms. The molecule has 20 heavy (non-hydrogen) atoms. The lowest BCUT2D eigenvalue weighted by molar-refractivity contribution is 0.102. The van der Waals surface area contributed by atoms with Crippen molar-refractivity contribution in [3.8, 4) is 6.07 Å². The number of nitriles is 1. The smallest absolute Gasteiger partial charge is 0.255 e. The van der Waals surface area contributed by atoms with E-state index in [1.54, 1.807) is 42.6 Å². The van der Waals surface area contributed by atoms with E-state index >= 15 is 0 Å². The number of benzene rings is 2. The number of carbonyl (C=O) groups is 1. The summed E-state index contributed by atoms with van der Waals surface area (Å²) in [7, 11) is 0. The number of H-pyrrole nitrogens is 1. The number of carbonyl (C=O) groups excluding carboxylic acids is 1. The molecule has 3 rings (SSSR count). The van der Waals surface area contributed by atoms with Crippen molar-refractivity contribution in [1.29, 1.82) is 5.26 Å². The van der Waals surface area contributed by atoms with Gasteiger partial charge in [0.05, 0.1) is 23.3 Å². The molecule has 2 aromatic carbocycles. The van der Waals surface area contributed by atoms with Crippen LogP contribution in [0.1, 0.15) is 15.9 Å². The molecule has 0 atom stereocenters. The summed E-state index contributed by atoms with van der Waals surface area (Å²) in [6, 6.07) is 14.1. The molecule has 96 valence electrons. The summed E-state index contributed by atoms with van der Waals surface area (Å²) in [4.78, 5) is 12.1. The standard InChI is InChI=1S/C15H10N4O/c16-8-10-1-4-13(5-2-10)18-15(20)11-3-6-14-12(7-11)9-17-19-14/h1-7,9H,(H,17,19)(H,18,20). The topological polar surface area (TPSA) is 81.6 Å². The highest BCUT2D eigenvalue weighted by molar-refractivity contribution is 6.06. The molecule has 0 aliphatic carbocycles. The second kappa shape index (κ2) is 4.86. The summed E-state index contributed by atoms with van der Waals surface area (Å²) in [6.45, 7) is 0. The van der Waals surface area contributed by atoms with E-state index in [1.807, 2.05) is 12.1 Å². The second-order valence-electron chi connectivity index (χ2n) is 4.32. The zero-order valence-corrected chi connectivity index (χ0v) is 10.4. The third kappa shape index (κ3) is 2.22. The molecule has 5 heteroatoms. The molecule has 0 unspecified atom stereocenters. The third-order valence-electron chi connectivity index (χ3n) is 2.97. The van der Waals surface area contributed by atoms with Gasteiger partial charge >= 0.3 is 0 Å². The molecule has 5 nitrogen and oxygen atoms in total. The van der Waals surface area contributed by atoms with Crippen molar-refractivity contribution in [1.82, 2.24) is 10.2 Å². The molecule has 0 aliphatic rings. The molecule has 0 saturated heterocycles. The van der Waals surface area contributed by atoms with Crippen LogP contribution in [0.5, 0.6) is 0 Å². The molecular weight excluding hydrogens is 252 g/mol. The van der Waals surface area contributed by atoms with Crippen molar-refractivity contribution >= 4 is 22.5 Å².